The number of ether oxygens (including phenoxy) is 2. The molecule has 0 radical (unpaired) electrons. The second-order valence-electron chi connectivity index (χ2n) is 10.9. The fourth-order valence-electron chi connectivity index (χ4n) is 5.42. The minimum absolute atomic E-state index is 0.0409. The smallest absolute Gasteiger partial charge is 0.433 e. The average Bonchev–Trinajstić information content (AvgIpc) is 3.38. The Morgan fingerprint density at radius 2 is 1.89 bits per heavy atom. The van der Waals surface area contributed by atoms with Crippen LogP contribution in [-0.2, 0) is 15.7 Å². The van der Waals surface area contributed by atoms with Crippen molar-refractivity contribution >= 4 is 22.7 Å². The molecule has 3 aromatic rings. The minimum atomic E-state index is -4.56. The van der Waals surface area contributed by atoms with Crippen molar-refractivity contribution in [1.82, 2.24) is 15.0 Å². The molecule has 3 N–H and O–H groups in total. The summed E-state index contributed by atoms with van der Waals surface area (Å²) in [4.78, 5) is 12.9. The number of alkyl halides is 3. The zero-order valence-electron chi connectivity index (χ0n) is 21.3. The van der Waals surface area contributed by atoms with Crippen LogP contribution in [0, 0.1) is 18.8 Å². The molecule has 0 aromatic carbocycles. The second-order valence-corrected chi connectivity index (χ2v) is 10.9. The molecule has 3 aliphatic rings. The molecule has 38 heavy (non-hydrogen) atoms. The molecule has 0 amide bonds. The molecule has 0 bridgehead atoms. The number of hydrogen-bond acceptors (Lipinski definition) is 9. The predicted octanol–water partition coefficient (Wildman–Crippen LogP) is 4.75. The Morgan fingerprint density at radius 1 is 1.13 bits per heavy atom. The van der Waals surface area contributed by atoms with Gasteiger partial charge < -0.3 is 29.6 Å². The number of hydrogen-bond donors (Lipinski definition) is 3. The van der Waals surface area contributed by atoms with Crippen LogP contribution < -0.4 is 10.6 Å². The highest BCUT2D eigenvalue weighted by Crippen LogP contribution is 2.44. The van der Waals surface area contributed by atoms with Gasteiger partial charge in [-0.15, -0.1) is 0 Å². The summed E-state index contributed by atoms with van der Waals surface area (Å²) in [5, 5.41) is 17.0. The quantitative estimate of drug-likeness (QED) is 0.396. The van der Waals surface area contributed by atoms with Crippen LogP contribution in [0.3, 0.4) is 0 Å². The third-order valence-corrected chi connectivity index (χ3v) is 7.41. The van der Waals surface area contributed by atoms with Crippen LogP contribution in [0.25, 0.3) is 22.3 Å². The standard InChI is InChI=1S/C26H30F3N5O4/c1-12-20(17-7-14-8-19(26(27,28)29)30-10-18(14)36-17)23(34-24(32-12)31-9-13-4-5-13)33-16-6-15(11-35)21-22(16)38-25(2,3)37-21/h7-8,10,13,15-16,21-22,35H,4-6,9,11H2,1-3H3,(H2,31,32,33,34)/t15-,16-,21-,22+/m1/s1. The van der Waals surface area contributed by atoms with E-state index in [0.29, 0.717) is 41.1 Å². The number of rotatable bonds is 7. The molecule has 204 valence electrons. The lowest BCUT2D eigenvalue weighted by molar-refractivity contribution is -0.158. The summed E-state index contributed by atoms with van der Waals surface area (Å²) >= 11 is 0. The van der Waals surface area contributed by atoms with Gasteiger partial charge in [0.2, 0.25) is 5.95 Å². The van der Waals surface area contributed by atoms with E-state index >= 15 is 0 Å². The number of anilines is 2. The molecule has 1 aliphatic heterocycles. The maximum Gasteiger partial charge on any atom is 0.433 e. The van der Waals surface area contributed by atoms with Gasteiger partial charge in [0, 0.05) is 24.5 Å². The number of nitrogens with zero attached hydrogens (tertiary/aromatic N) is 3. The van der Waals surface area contributed by atoms with E-state index in [1.54, 1.807) is 6.07 Å². The number of pyridine rings is 1. The Hall–Kier alpha value is -2.96. The molecule has 1 saturated heterocycles. The minimum Gasteiger partial charge on any atom is -0.454 e. The molecule has 3 fully saturated rings. The lowest BCUT2D eigenvalue weighted by Crippen LogP contribution is -2.35. The molecule has 0 spiro atoms. The van der Waals surface area contributed by atoms with Gasteiger partial charge in [0.1, 0.15) is 23.4 Å². The number of nitrogens with one attached hydrogen (secondary N) is 2. The number of aliphatic hydroxyl groups is 1. The predicted molar refractivity (Wildman–Crippen MR) is 132 cm³/mol. The van der Waals surface area contributed by atoms with Gasteiger partial charge in [-0.1, -0.05) is 0 Å². The van der Waals surface area contributed by atoms with Crippen molar-refractivity contribution in [2.24, 2.45) is 11.8 Å². The van der Waals surface area contributed by atoms with E-state index in [4.69, 9.17) is 18.9 Å². The van der Waals surface area contributed by atoms with Gasteiger partial charge in [-0.25, -0.2) is 9.97 Å². The highest BCUT2D eigenvalue weighted by molar-refractivity contribution is 5.86. The number of aliphatic hydroxyl groups excluding tert-OH is 1. The largest absolute Gasteiger partial charge is 0.454 e. The van der Waals surface area contributed by atoms with Crippen molar-refractivity contribution in [3.63, 3.8) is 0 Å². The molecule has 2 saturated carbocycles. The third-order valence-electron chi connectivity index (χ3n) is 7.41. The first-order valence-electron chi connectivity index (χ1n) is 12.8. The third kappa shape index (κ3) is 4.80. The van der Waals surface area contributed by atoms with Crippen molar-refractivity contribution in [1.29, 1.82) is 0 Å². The number of fused-ring (bicyclic) bond motifs is 2. The van der Waals surface area contributed by atoms with Crippen molar-refractivity contribution in [2.45, 2.75) is 70.2 Å². The summed E-state index contributed by atoms with van der Waals surface area (Å²) in [6.07, 6.45) is -1.15. The molecule has 6 rings (SSSR count). The van der Waals surface area contributed by atoms with Crippen LogP contribution in [-0.4, -0.2) is 57.2 Å². The van der Waals surface area contributed by atoms with Crippen molar-refractivity contribution in [3.05, 3.63) is 29.7 Å². The molecule has 12 heteroatoms. The van der Waals surface area contributed by atoms with Gasteiger partial charge >= 0.3 is 6.18 Å². The highest BCUT2D eigenvalue weighted by atomic mass is 19.4. The average molecular weight is 534 g/mol. The summed E-state index contributed by atoms with van der Waals surface area (Å²) in [5.74, 6) is 0.951. The van der Waals surface area contributed by atoms with Gasteiger partial charge in [-0.05, 0) is 58.1 Å². The lowest BCUT2D eigenvalue weighted by Gasteiger charge is -2.25. The molecular weight excluding hydrogens is 503 g/mol. The lowest BCUT2D eigenvalue weighted by atomic mass is 10.1. The van der Waals surface area contributed by atoms with E-state index in [1.165, 1.54) is 12.8 Å². The van der Waals surface area contributed by atoms with E-state index < -0.39 is 17.7 Å². The Kier molecular flexibility index (Phi) is 6.04. The fourth-order valence-corrected chi connectivity index (χ4v) is 5.42. The van der Waals surface area contributed by atoms with Crippen LogP contribution in [0.4, 0.5) is 24.9 Å². The Bertz CT molecular complexity index is 1360. The molecular formula is C26H30F3N5O4. The Labute approximate surface area is 217 Å². The van der Waals surface area contributed by atoms with Crippen LogP contribution >= 0.6 is 0 Å². The Balaban J connectivity index is 1.38. The van der Waals surface area contributed by atoms with Crippen molar-refractivity contribution in [2.75, 3.05) is 23.8 Å². The van der Waals surface area contributed by atoms with Crippen LogP contribution in [0.2, 0.25) is 0 Å². The van der Waals surface area contributed by atoms with Crippen molar-refractivity contribution < 1.29 is 32.2 Å². The monoisotopic (exact) mass is 533 g/mol. The van der Waals surface area contributed by atoms with E-state index in [9.17, 15) is 18.3 Å². The van der Waals surface area contributed by atoms with Gasteiger partial charge in [0.05, 0.1) is 29.6 Å². The topological polar surface area (TPSA) is 115 Å². The first-order valence-corrected chi connectivity index (χ1v) is 12.8. The number of aromatic nitrogens is 3. The fraction of sp³-hybridized carbons (Fsp3) is 0.577. The summed E-state index contributed by atoms with van der Waals surface area (Å²) < 4.78 is 57.9. The zero-order chi connectivity index (χ0) is 26.8. The van der Waals surface area contributed by atoms with Crippen molar-refractivity contribution in [3.8, 4) is 11.3 Å². The molecule has 3 aromatic heterocycles. The normalized spacial score (nSPS) is 26.6. The molecule has 2 aliphatic carbocycles. The molecule has 0 unspecified atom stereocenters. The van der Waals surface area contributed by atoms with E-state index in [2.05, 4.69) is 20.6 Å². The number of aryl methyl sites for hydroxylation is 1. The highest BCUT2D eigenvalue weighted by Gasteiger charge is 2.54. The molecule has 9 nitrogen and oxygen atoms in total. The Morgan fingerprint density at radius 3 is 2.61 bits per heavy atom. The first kappa shape index (κ1) is 25.3. The zero-order valence-corrected chi connectivity index (χ0v) is 21.3. The van der Waals surface area contributed by atoms with Gasteiger partial charge in [0.15, 0.2) is 11.4 Å². The maximum atomic E-state index is 13.2. The number of halogens is 3. The maximum absolute atomic E-state index is 13.2. The summed E-state index contributed by atoms with van der Waals surface area (Å²) in [6, 6.07) is 2.29. The number of furan rings is 1. The molecule has 4 heterocycles. The van der Waals surface area contributed by atoms with Gasteiger partial charge in [0.25, 0.3) is 0 Å². The first-order chi connectivity index (χ1) is 18.0. The summed E-state index contributed by atoms with van der Waals surface area (Å²) in [5.41, 5.74) is 0.371. The van der Waals surface area contributed by atoms with Crippen LogP contribution in [0.5, 0.6) is 0 Å². The van der Waals surface area contributed by atoms with Crippen LogP contribution in [0.15, 0.2) is 22.7 Å². The second kappa shape index (κ2) is 9.06. The summed E-state index contributed by atoms with van der Waals surface area (Å²) in [6.45, 7) is 6.22. The van der Waals surface area contributed by atoms with E-state index in [-0.39, 0.29) is 41.7 Å². The van der Waals surface area contributed by atoms with E-state index in [0.717, 1.165) is 18.8 Å². The van der Waals surface area contributed by atoms with Crippen LogP contribution in [0.1, 0.15) is 44.5 Å². The van der Waals surface area contributed by atoms with Gasteiger partial charge in [-0.3, -0.25) is 0 Å². The SMILES string of the molecule is Cc1nc(NCC2CC2)nc(N[C@@H]2C[C@H](CO)[C@H]3OC(C)(C)O[C@H]32)c1-c1cc2cc(C(F)(F)F)ncc2o1. The van der Waals surface area contributed by atoms with Gasteiger partial charge in [-0.2, -0.15) is 18.2 Å². The van der Waals surface area contributed by atoms with E-state index in [1.807, 2.05) is 20.8 Å². The summed E-state index contributed by atoms with van der Waals surface area (Å²) in [7, 11) is 0. The molecule has 4 atom stereocenters.